The van der Waals surface area contributed by atoms with Crippen LogP contribution < -0.4 is 0 Å². The molecule has 1 N–H and O–H groups in total. The van der Waals surface area contributed by atoms with Gasteiger partial charge in [-0.3, -0.25) is 4.98 Å². The predicted octanol–water partition coefficient (Wildman–Crippen LogP) is 3.28. The van der Waals surface area contributed by atoms with Crippen molar-refractivity contribution in [2.24, 2.45) is 0 Å². The Kier molecular flexibility index (Phi) is 3.78. The molecule has 0 saturated carbocycles. The number of pyridine rings is 1. The van der Waals surface area contributed by atoms with E-state index in [0.717, 1.165) is 16.8 Å². The Hall–Kier alpha value is -1.67. The van der Waals surface area contributed by atoms with Gasteiger partial charge in [0.15, 0.2) is 0 Å². The Morgan fingerprint density at radius 3 is 2.39 bits per heavy atom. The van der Waals surface area contributed by atoms with E-state index in [0.29, 0.717) is 6.42 Å². The average molecular weight is 241 g/mol. The minimum Gasteiger partial charge on any atom is -0.386 e. The number of aromatic nitrogens is 1. The van der Waals surface area contributed by atoms with Crippen LogP contribution in [0.15, 0.2) is 36.5 Å². The van der Waals surface area contributed by atoms with E-state index in [9.17, 15) is 5.11 Å². The molecule has 18 heavy (non-hydrogen) atoms. The minimum absolute atomic E-state index is 0.535. The molecule has 2 heteroatoms. The number of aliphatic hydroxyl groups is 1. The van der Waals surface area contributed by atoms with Gasteiger partial charge >= 0.3 is 0 Å². The van der Waals surface area contributed by atoms with E-state index in [2.05, 4.69) is 37.0 Å². The summed E-state index contributed by atoms with van der Waals surface area (Å²) >= 11 is 0. The van der Waals surface area contributed by atoms with Gasteiger partial charge in [-0.2, -0.15) is 0 Å². The molecule has 94 valence electrons. The summed E-state index contributed by atoms with van der Waals surface area (Å²) in [5, 5.41) is 10.3. The van der Waals surface area contributed by atoms with Crippen LogP contribution in [0.1, 0.15) is 34.1 Å². The van der Waals surface area contributed by atoms with Crippen LogP contribution in [0, 0.1) is 20.8 Å². The SMILES string of the molecule is Cc1cc(C)cc(CC(O)c2ncccc2C)c1. The van der Waals surface area contributed by atoms with Crippen LogP contribution in [0.5, 0.6) is 0 Å². The van der Waals surface area contributed by atoms with Crippen LogP contribution >= 0.6 is 0 Å². The number of rotatable bonds is 3. The predicted molar refractivity (Wildman–Crippen MR) is 73.6 cm³/mol. The largest absolute Gasteiger partial charge is 0.386 e. The lowest BCUT2D eigenvalue weighted by Crippen LogP contribution is -2.06. The first kappa shape index (κ1) is 12.8. The van der Waals surface area contributed by atoms with Crippen molar-refractivity contribution in [3.63, 3.8) is 0 Å². The van der Waals surface area contributed by atoms with Crippen LogP contribution in [-0.2, 0) is 6.42 Å². The molecule has 1 heterocycles. The van der Waals surface area contributed by atoms with Gasteiger partial charge in [0.2, 0.25) is 0 Å². The van der Waals surface area contributed by atoms with Crippen molar-refractivity contribution in [1.29, 1.82) is 0 Å². The standard InChI is InChI=1S/C16H19NO/c1-11-7-12(2)9-14(8-11)10-15(18)16-13(3)5-4-6-17-16/h4-9,15,18H,10H2,1-3H3. The van der Waals surface area contributed by atoms with E-state index >= 15 is 0 Å². The lowest BCUT2D eigenvalue weighted by atomic mass is 9.99. The van der Waals surface area contributed by atoms with Crippen LogP contribution in [0.3, 0.4) is 0 Å². The second-order valence-electron chi connectivity index (χ2n) is 4.92. The van der Waals surface area contributed by atoms with Gasteiger partial charge in [0.05, 0.1) is 5.69 Å². The molecule has 0 aliphatic heterocycles. The molecule has 1 aromatic carbocycles. The molecular formula is C16H19NO. The first-order valence-corrected chi connectivity index (χ1v) is 6.23. The fourth-order valence-corrected chi connectivity index (χ4v) is 2.35. The van der Waals surface area contributed by atoms with Gasteiger partial charge < -0.3 is 5.11 Å². The second kappa shape index (κ2) is 5.32. The molecule has 2 rings (SSSR count). The molecule has 0 fully saturated rings. The van der Waals surface area contributed by atoms with E-state index < -0.39 is 6.10 Å². The highest BCUT2D eigenvalue weighted by molar-refractivity contribution is 5.30. The topological polar surface area (TPSA) is 33.1 Å². The maximum Gasteiger partial charge on any atom is 0.100 e. The molecule has 2 aromatic rings. The van der Waals surface area contributed by atoms with Crippen LogP contribution in [0.25, 0.3) is 0 Å². The van der Waals surface area contributed by atoms with Crippen molar-refractivity contribution in [1.82, 2.24) is 4.98 Å². The Balaban J connectivity index is 2.21. The minimum atomic E-state index is -0.535. The fourth-order valence-electron chi connectivity index (χ4n) is 2.35. The monoisotopic (exact) mass is 241 g/mol. The zero-order valence-electron chi connectivity index (χ0n) is 11.1. The van der Waals surface area contributed by atoms with Gasteiger partial charge in [-0.15, -0.1) is 0 Å². The molecule has 0 amide bonds. The van der Waals surface area contributed by atoms with Crippen molar-refractivity contribution in [3.05, 3.63) is 64.5 Å². The van der Waals surface area contributed by atoms with Gasteiger partial charge in [-0.1, -0.05) is 35.4 Å². The van der Waals surface area contributed by atoms with Crippen molar-refractivity contribution >= 4 is 0 Å². The van der Waals surface area contributed by atoms with Gasteiger partial charge in [0.1, 0.15) is 6.10 Å². The van der Waals surface area contributed by atoms with E-state index in [1.54, 1.807) is 6.20 Å². The number of aryl methyl sites for hydroxylation is 3. The van der Waals surface area contributed by atoms with Crippen LogP contribution in [0.4, 0.5) is 0 Å². The first-order valence-electron chi connectivity index (χ1n) is 6.23. The summed E-state index contributed by atoms with van der Waals surface area (Å²) in [6.45, 7) is 6.14. The quantitative estimate of drug-likeness (QED) is 0.894. The van der Waals surface area contributed by atoms with E-state index in [1.165, 1.54) is 11.1 Å². The molecule has 2 nitrogen and oxygen atoms in total. The Morgan fingerprint density at radius 1 is 1.11 bits per heavy atom. The summed E-state index contributed by atoms with van der Waals surface area (Å²) in [7, 11) is 0. The smallest absolute Gasteiger partial charge is 0.100 e. The van der Waals surface area contributed by atoms with E-state index in [-0.39, 0.29) is 0 Å². The highest BCUT2D eigenvalue weighted by Gasteiger charge is 2.12. The van der Waals surface area contributed by atoms with Gasteiger partial charge in [-0.25, -0.2) is 0 Å². The highest BCUT2D eigenvalue weighted by atomic mass is 16.3. The molecule has 0 aliphatic carbocycles. The molecule has 0 aliphatic rings. The Morgan fingerprint density at radius 2 is 1.78 bits per heavy atom. The summed E-state index contributed by atoms with van der Waals surface area (Å²) in [4.78, 5) is 4.27. The van der Waals surface area contributed by atoms with E-state index in [4.69, 9.17) is 0 Å². The van der Waals surface area contributed by atoms with Crippen LogP contribution in [0.2, 0.25) is 0 Å². The van der Waals surface area contributed by atoms with E-state index in [1.807, 2.05) is 19.1 Å². The molecular weight excluding hydrogens is 222 g/mol. The lowest BCUT2D eigenvalue weighted by Gasteiger charge is -2.13. The molecule has 1 unspecified atom stereocenters. The Labute approximate surface area is 108 Å². The number of benzene rings is 1. The van der Waals surface area contributed by atoms with Crippen molar-refractivity contribution in [2.75, 3.05) is 0 Å². The molecule has 0 radical (unpaired) electrons. The maximum absolute atomic E-state index is 10.3. The zero-order chi connectivity index (χ0) is 13.1. The van der Waals surface area contributed by atoms with Gasteiger partial charge in [0.25, 0.3) is 0 Å². The molecule has 0 saturated heterocycles. The molecule has 1 atom stereocenters. The zero-order valence-corrected chi connectivity index (χ0v) is 11.1. The summed E-state index contributed by atoms with van der Waals surface area (Å²) in [5.74, 6) is 0. The summed E-state index contributed by atoms with van der Waals surface area (Å²) in [5.41, 5.74) is 5.43. The Bertz CT molecular complexity index is 528. The first-order chi connectivity index (χ1) is 8.56. The third kappa shape index (κ3) is 2.96. The average Bonchev–Trinajstić information content (AvgIpc) is 2.27. The summed E-state index contributed by atoms with van der Waals surface area (Å²) in [6.07, 6.45) is 1.81. The van der Waals surface area contributed by atoms with Crippen molar-refractivity contribution in [2.45, 2.75) is 33.3 Å². The van der Waals surface area contributed by atoms with Crippen molar-refractivity contribution in [3.8, 4) is 0 Å². The summed E-state index contributed by atoms with van der Waals surface area (Å²) < 4.78 is 0. The lowest BCUT2D eigenvalue weighted by molar-refractivity contribution is 0.173. The third-order valence-corrected chi connectivity index (χ3v) is 3.08. The maximum atomic E-state index is 10.3. The van der Waals surface area contributed by atoms with Gasteiger partial charge in [0, 0.05) is 12.6 Å². The third-order valence-electron chi connectivity index (χ3n) is 3.08. The van der Waals surface area contributed by atoms with Crippen LogP contribution in [-0.4, -0.2) is 10.1 Å². The molecule has 0 spiro atoms. The number of hydrogen-bond acceptors (Lipinski definition) is 2. The highest BCUT2D eigenvalue weighted by Crippen LogP contribution is 2.20. The fraction of sp³-hybridized carbons (Fsp3) is 0.312. The van der Waals surface area contributed by atoms with Crippen molar-refractivity contribution < 1.29 is 5.11 Å². The normalized spacial score (nSPS) is 12.4. The molecule has 1 aromatic heterocycles. The van der Waals surface area contributed by atoms with Gasteiger partial charge in [-0.05, 0) is 38.0 Å². The second-order valence-corrected chi connectivity index (χ2v) is 4.92. The number of aliphatic hydroxyl groups excluding tert-OH is 1. The molecule has 0 bridgehead atoms. The number of nitrogens with zero attached hydrogens (tertiary/aromatic N) is 1. The summed E-state index contributed by atoms with van der Waals surface area (Å²) in [6, 6.07) is 10.3. The number of hydrogen-bond donors (Lipinski definition) is 1.